The van der Waals surface area contributed by atoms with Gasteiger partial charge in [0.05, 0.1) is 5.56 Å². The van der Waals surface area contributed by atoms with Crippen molar-refractivity contribution in [2.45, 2.75) is 32.9 Å². The zero-order valence-corrected chi connectivity index (χ0v) is 14.8. The fraction of sp³-hybridized carbons (Fsp3) is 0.316. The summed E-state index contributed by atoms with van der Waals surface area (Å²) in [5.74, 6) is -1.12. The van der Waals surface area contributed by atoms with Crippen LogP contribution in [0.3, 0.4) is 0 Å². The van der Waals surface area contributed by atoms with Gasteiger partial charge >= 0.3 is 5.97 Å². The molecule has 2 N–H and O–H groups in total. The number of phenols is 1. The summed E-state index contributed by atoms with van der Waals surface area (Å²) in [6, 6.07) is 7.61. The van der Waals surface area contributed by atoms with Crippen LogP contribution >= 0.6 is 0 Å². The quantitative estimate of drug-likeness (QED) is 0.739. The van der Waals surface area contributed by atoms with Crippen molar-refractivity contribution in [3.8, 4) is 5.75 Å². The number of nitrogens with one attached hydrogen (secondary N) is 1. The van der Waals surface area contributed by atoms with E-state index in [4.69, 9.17) is 4.74 Å². The largest absolute Gasteiger partial charge is 0.508 e. The maximum Gasteiger partial charge on any atom is 0.339 e. The molecule has 26 heavy (non-hydrogen) atoms. The van der Waals surface area contributed by atoms with E-state index in [1.807, 2.05) is 6.92 Å². The van der Waals surface area contributed by atoms with Crippen molar-refractivity contribution in [2.24, 2.45) is 0 Å². The van der Waals surface area contributed by atoms with Crippen LogP contribution in [0.2, 0.25) is 0 Å². The van der Waals surface area contributed by atoms with E-state index in [0.717, 1.165) is 12.8 Å². The minimum atomic E-state index is -0.649. The number of rotatable bonds is 7. The van der Waals surface area contributed by atoms with Gasteiger partial charge in [0, 0.05) is 19.8 Å². The molecular formula is C19H22N2O5. The van der Waals surface area contributed by atoms with Gasteiger partial charge in [-0.1, -0.05) is 25.5 Å². The number of aromatic nitrogens is 1. The number of hydrogen-bond donors (Lipinski definition) is 2. The van der Waals surface area contributed by atoms with E-state index in [2.05, 4.69) is 5.32 Å². The summed E-state index contributed by atoms with van der Waals surface area (Å²) in [6.07, 6.45) is 3.03. The fourth-order valence-corrected chi connectivity index (χ4v) is 2.42. The van der Waals surface area contributed by atoms with Crippen LogP contribution in [0.1, 0.15) is 46.0 Å². The Labute approximate surface area is 151 Å². The SMILES string of the molecule is CCCCn1cc(C(=O)OCc2cccc(O)c2)cc(C(=O)NC)c1=O. The van der Waals surface area contributed by atoms with Gasteiger partial charge in [-0.15, -0.1) is 0 Å². The van der Waals surface area contributed by atoms with E-state index in [1.165, 1.54) is 36.0 Å². The monoisotopic (exact) mass is 358 g/mol. The molecule has 0 aliphatic heterocycles. The highest BCUT2D eigenvalue weighted by Gasteiger charge is 2.17. The summed E-state index contributed by atoms with van der Waals surface area (Å²) in [7, 11) is 1.42. The van der Waals surface area contributed by atoms with Gasteiger partial charge in [0.2, 0.25) is 0 Å². The minimum Gasteiger partial charge on any atom is -0.508 e. The Morgan fingerprint density at radius 3 is 2.69 bits per heavy atom. The number of phenolic OH excluding ortho intramolecular Hbond substituents is 1. The van der Waals surface area contributed by atoms with Gasteiger partial charge in [-0.2, -0.15) is 0 Å². The van der Waals surface area contributed by atoms with Crippen LogP contribution in [0.5, 0.6) is 5.75 Å². The minimum absolute atomic E-state index is 0.0311. The van der Waals surface area contributed by atoms with Crippen molar-refractivity contribution < 1.29 is 19.4 Å². The number of benzene rings is 1. The van der Waals surface area contributed by atoms with Crippen LogP contribution in [-0.4, -0.2) is 28.6 Å². The lowest BCUT2D eigenvalue weighted by molar-refractivity contribution is 0.0471. The first-order valence-electron chi connectivity index (χ1n) is 8.37. The first kappa shape index (κ1) is 19.2. The maximum atomic E-state index is 12.4. The molecule has 0 fully saturated rings. The first-order chi connectivity index (χ1) is 12.5. The van der Waals surface area contributed by atoms with Crippen molar-refractivity contribution in [1.29, 1.82) is 0 Å². The Bertz CT molecular complexity index is 857. The molecule has 0 unspecified atom stereocenters. The maximum absolute atomic E-state index is 12.4. The number of nitrogens with zero attached hydrogens (tertiary/aromatic N) is 1. The number of hydrogen-bond acceptors (Lipinski definition) is 5. The molecule has 0 aliphatic carbocycles. The molecular weight excluding hydrogens is 336 g/mol. The van der Waals surface area contributed by atoms with E-state index in [9.17, 15) is 19.5 Å². The van der Waals surface area contributed by atoms with Crippen molar-refractivity contribution in [3.63, 3.8) is 0 Å². The third-order valence-corrected chi connectivity index (χ3v) is 3.83. The summed E-state index contributed by atoms with van der Waals surface area (Å²) in [4.78, 5) is 36.7. The normalized spacial score (nSPS) is 10.4. The summed E-state index contributed by atoms with van der Waals surface area (Å²) in [5, 5.41) is 11.8. The lowest BCUT2D eigenvalue weighted by atomic mass is 10.1. The van der Waals surface area contributed by atoms with Crippen LogP contribution < -0.4 is 10.9 Å². The molecule has 0 bridgehead atoms. The molecule has 1 heterocycles. The fourth-order valence-electron chi connectivity index (χ4n) is 2.42. The van der Waals surface area contributed by atoms with Gasteiger partial charge in [0.1, 0.15) is 17.9 Å². The topological polar surface area (TPSA) is 97.6 Å². The van der Waals surface area contributed by atoms with Crippen LogP contribution in [-0.2, 0) is 17.9 Å². The average molecular weight is 358 g/mol. The third-order valence-electron chi connectivity index (χ3n) is 3.83. The molecule has 0 saturated carbocycles. The van der Waals surface area contributed by atoms with Crippen LogP contribution in [0.25, 0.3) is 0 Å². The molecule has 1 aromatic carbocycles. The van der Waals surface area contributed by atoms with Crippen molar-refractivity contribution in [2.75, 3.05) is 7.05 Å². The van der Waals surface area contributed by atoms with Gasteiger partial charge in [0.15, 0.2) is 0 Å². The second kappa shape index (κ2) is 8.84. The number of esters is 1. The standard InChI is InChI=1S/C19H22N2O5/c1-3-4-8-21-11-14(10-16(18(21)24)17(23)20-2)19(25)26-12-13-6-5-7-15(22)9-13/h5-7,9-11,22H,3-4,8,12H2,1-2H3,(H,20,23). The third kappa shape index (κ3) is 4.72. The highest BCUT2D eigenvalue weighted by atomic mass is 16.5. The molecule has 2 aromatic rings. The summed E-state index contributed by atoms with van der Waals surface area (Å²) >= 11 is 0. The van der Waals surface area contributed by atoms with Gasteiger partial charge < -0.3 is 19.7 Å². The molecule has 0 spiro atoms. The first-order valence-corrected chi connectivity index (χ1v) is 8.37. The average Bonchev–Trinajstić information content (AvgIpc) is 2.64. The van der Waals surface area contributed by atoms with Gasteiger partial charge in [0.25, 0.3) is 11.5 Å². The molecule has 1 amide bonds. The number of amides is 1. The molecule has 138 valence electrons. The molecule has 0 saturated heterocycles. The predicted molar refractivity (Wildman–Crippen MR) is 96.2 cm³/mol. The van der Waals surface area contributed by atoms with E-state index in [0.29, 0.717) is 12.1 Å². The van der Waals surface area contributed by atoms with E-state index in [-0.39, 0.29) is 23.5 Å². The Balaban J connectivity index is 2.27. The summed E-state index contributed by atoms with van der Waals surface area (Å²) < 4.78 is 6.60. The van der Waals surface area contributed by atoms with Crippen LogP contribution in [0.4, 0.5) is 0 Å². The van der Waals surface area contributed by atoms with E-state index in [1.54, 1.807) is 12.1 Å². The van der Waals surface area contributed by atoms with Gasteiger partial charge in [-0.05, 0) is 30.2 Å². The molecule has 1 aromatic heterocycles. The van der Waals surface area contributed by atoms with Crippen LogP contribution in [0.15, 0.2) is 41.3 Å². The zero-order chi connectivity index (χ0) is 19.1. The Morgan fingerprint density at radius 1 is 1.27 bits per heavy atom. The van der Waals surface area contributed by atoms with Crippen molar-refractivity contribution in [1.82, 2.24) is 9.88 Å². The molecule has 0 atom stereocenters. The van der Waals surface area contributed by atoms with Gasteiger partial charge in [-0.3, -0.25) is 9.59 Å². The van der Waals surface area contributed by atoms with E-state index >= 15 is 0 Å². The predicted octanol–water partition coefficient (Wildman–Crippen LogP) is 2.07. The zero-order valence-electron chi connectivity index (χ0n) is 14.8. The summed E-state index contributed by atoms with van der Waals surface area (Å²) in [5.41, 5.74) is 0.210. The van der Waals surface area contributed by atoms with E-state index < -0.39 is 17.4 Å². The molecule has 0 radical (unpaired) electrons. The number of ether oxygens (including phenoxy) is 1. The second-order valence-electron chi connectivity index (χ2n) is 5.82. The lowest BCUT2D eigenvalue weighted by Gasteiger charge is -2.11. The molecule has 7 heteroatoms. The smallest absolute Gasteiger partial charge is 0.339 e. The number of carbonyl (C=O) groups is 2. The number of aromatic hydroxyl groups is 1. The lowest BCUT2D eigenvalue weighted by Crippen LogP contribution is -2.32. The molecule has 0 aliphatic rings. The van der Waals surface area contributed by atoms with Crippen LogP contribution in [0, 0.1) is 0 Å². The second-order valence-corrected chi connectivity index (χ2v) is 5.82. The number of unbranched alkanes of at least 4 members (excludes halogenated alkanes) is 1. The number of aryl methyl sites for hydroxylation is 1. The highest BCUT2D eigenvalue weighted by molar-refractivity contribution is 5.97. The Hall–Kier alpha value is -3.09. The highest BCUT2D eigenvalue weighted by Crippen LogP contribution is 2.13. The van der Waals surface area contributed by atoms with Crippen molar-refractivity contribution >= 4 is 11.9 Å². The Kier molecular flexibility index (Phi) is 6.54. The number of carbonyl (C=O) groups excluding carboxylic acids is 2. The summed E-state index contributed by atoms with van der Waals surface area (Å²) in [6.45, 7) is 2.36. The number of pyridine rings is 1. The van der Waals surface area contributed by atoms with Gasteiger partial charge in [-0.25, -0.2) is 4.79 Å². The van der Waals surface area contributed by atoms with Crippen molar-refractivity contribution in [3.05, 3.63) is 63.6 Å². The Morgan fingerprint density at radius 2 is 2.04 bits per heavy atom. The molecule has 2 rings (SSSR count). The molecule has 7 nitrogen and oxygen atoms in total.